The second-order valence-electron chi connectivity index (χ2n) is 7.59. The highest BCUT2D eigenvalue weighted by Gasteiger charge is 2.18. The number of benzene rings is 1. The fraction of sp³-hybridized carbons (Fsp3) is 0.130. The fourth-order valence-electron chi connectivity index (χ4n) is 3.67. The molecule has 0 bridgehead atoms. The van der Waals surface area contributed by atoms with Crippen LogP contribution < -0.4 is 5.11 Å². The first-order valence-corrected chi connectivity index (χ1v) is 10.6. The number of halogens is 1. The summed E-state index contributed by atoms with van der Waals surface area (Å²) < 4.78 is 1.79. The molecule has 5 rings (SSSR count). The van der Waals surface area contributed by atoms with Crippen LogP contribution >= 0.6 is 11.6 Å². The molecule has 4 aromatic heterocycles. The monoisotopic (exact) mass is 457 g/mol. The summed E-state index contributed by atoms with van der Waals surface area (Å²) in [4.78, 5) is 14.2. The van der Waals surface area contributed by atoms with Crippen molar-refractivity contribution in [2.24, 2.45) is 4.99 Å². The average molecular weight is 458 g/mol. The molecule has 4 heterocycles. The van der Waals surface area contributed by atoms with Crippen LogP contribution in [0, 0.1) is 0 Å². The summed E-state index contributed by atoms with van der Waals surface area (Å²) in [7, 11) is 0. The molecule has 10 heteroatoms. The molecule has 0 amide bonds. The van der Waals surface area contributed by atoms with Crippen LogP contribution in [0.15, 0.2) is 72.4 Å². The molecule has 0 atom stereocenters. The van der Waals surface area contributed by atoms with E-state index in [9.17, 15) is 5.11 Å². The Hall–Kier alpha value is -4.11. The molecule has 0 spiro atoms. The molecule has 0 unspecified atom stereocenters. The van der Waals surface area contributed by atoms with Crippen LogP contribution in [-0.4, -0.2) is 40.6 Å². The summed E-state index contributed by atoms with van der Waals surface area (Å²) in [6, 6.07) is 11.2. The van der Waals surface area contributed by atoms with Crippen molar-refractivity contribution in [2.75, 3.05) is 0 Å². The van der Waals surface area contributed by atoms with E-state index < -0.39 is 5.90 Å². The van der Waals surface area contributed by atoms with Gasteiger partial charge in [-0.05, 0) is 42.1 Å². The highest BCUT2D eigenvalue weighted by atomic mass is 35.5. The molecule has 5 aromatic rings. The molecule has 0 saturated carbocycles. The highest BCUT2D eigenvalue weighted by Crippen LogP contribution is 2.28. The molecule has 33 heavy (non-hydrogen) atoms. The van der Waals surface area contributed by atoms with E-state index in [-0.39, 0.29) is 10.9 Å². The van der Waals surface area contributed by atoms with Crippen molar-refractivity contribution in [3.63, 3.8) is 0 Å². The molecule has 9 nitrogen and oxygen atoms in total. The van der Waals surface area contributed by atoms with Gasteiger partial charge in [-0.15, -0.1) is 4.80 Å². The lowest BCUT2D eigenvalue weighted by molar-refractivity contribution is -0.212. The Labute approximate surface area is 194 Å². The third kappa shape index (κ3) is 3.83. The van der Waals surface area contributed by atoms with Gasteiger partial charge < -0.3 is 5.11 Å². The van der Waals surface area contributed by atoms with E-state index in [1.165, 1.54) is 23.4 Å². The molecule has 1 aromatic carbocycles. The topological polar surface area (TPSA) is 110 Å². The quantitative estimate of drug-likeness (QED) is 0.294. The number of hydrogen-bond donors (Lipinski definition) is 0. The molecule has 164 valence electrons. The zero-order chi connectivity index (χ0) is 22.9. The van der Waals surface area contributed by atoms with Gasteiger partial charge in [0.25, 0.3) is 0 Å². The predicted molar refractivity (Wildman–Crippen MR) is 123 cm³/mol. The molecular formula is C23H18ClN8O-. The number of pyridine rings is 2. The molecule has 0 radical (unpaired) electrons. The maximum atomic E-state index is 13.1. The zero-order valence-electron chi connectivity index (χ0n) is 17.8. The third-order valence-corrected chi connectivity index (χ3v) is 5.36. The largest absolute Gasteiger partial charge is 0.858 e. The van der Waals surface area contributed by atoms with Gasteiger partial charge in [-0.2, -0.15) is 15.3 Å². The average Bonchev–Trinajstić information content (AvgIpc) is 3.49. The maximum absolute atomic E-state index is 13.1. The number of aliphatic imine (C=N–C) groups is 1. The lowest BCUT2D eigenvalue weighted by atomic mass is 10.0. The number of rotatable bonds is 5. The van der Waals surface area contributed by atoms with Crippen molar-refractivity contribution in [1.29, 1.82) is 0 Å². The number of fused-ring (bicyclic) bond motifs is 1. The Balaban J connectivity index is 1.57. The molecule has 0 aliphatic rings. The van der Waals surface area contributed by atoms with Crippen molar-refractivity contribution in [3.05, 3.63) is 83.7 Å². The Morgan fingerprint density at radius 1 is 1.00 bits per heavy atom. The van der Waals surface area contributed by atoms with Crippen LogP contribution in [0.4, 0.5) is 5.69 Å². The Morgan fingerprint density at radius 3 is 2.58 bits per heavy atom. The predicted octanol–water partition coefficient (Wildman–Crippen LogP) is 3.61. The van der Waals surface area contributed by atoms with Gasteiger partial charge in [-0.25, -0.2) is 9.67 Å². The normalized spacial score (nSPS) is 12.1. The summed E-state index contributed by atoms with van der Waals surface area (Å²) in [6.07, 6.45) is 7.80. The minimum atomic E-state index is -0.425. The van der Waals surface area contributed by atoms with Crippen LogP contribution in [-0.2, 0) is 0 Å². The lowest BCUT2D eigenvalue weighted by Gasteiger charge is -2.17. The standard InChI is InChI=1S/C23H19ClN8O/c1-14(2)21-17(13-29-31(21)20-7-3-6-19-16(20)5-4-8-25-19)23(33)30-15-11-18(24)22(26-12-15)32-27-9-10-28-32/h3-14H,1-2H3,(H,30,33)/p-1. The summed E-state index contributed by atoms with van der Waals surface area (Å²) >= 11 is 6.31. The van der Waals surface area contributed by atoms with E-state index in [1.807, 2.05) is 44.2 Å². The second kappa shape index (κ2) is 8.44. The van der Waals surface area contributed by atoms with Crippen LogP contribution in [0.5, 0.6) is 0 Å². The summed E-state index contributed by atoms with van der Waals surface area (Å²) in [5, 5.41) is 26.9. The molecular weight excluding hydrogens is 440 g/mol. The molecule has 0 N–H and O–H groups in total. The number of hydrogen-bond acceptors (Lipinski definition) is 7. The van der Waals surface area contributed by atoms with Gasteiger partial charge in [0.15, 0.2) is 5.82 Å². The summed E-state index contributed by atoms with van der Waals surface area (Å²) in [5.74, 6) is -0.0528. The first-order valence-electron chi connectivity index (χ1n) is 10.2. The molecule has 0 fully saturated rings. The van der Waals surface area contributed by atoms with E-state index in [4.69, 9.17) is 11.6 Å². The van der Waals surface area contributed by atoms with E-state index in [2.05, 4.69) is 30.3 Å². The van der Waals surface area contributed by atoms with Gasteiger partial charge in [-0.1, -0.05) is 31.5 Å². The second-order valence-corrected chi connectivity index (χ2v) is 8.00. The van der Waals surface area contributed by atoms with Crippen LogP contribution in [0.2, 0.25) is 5.02 Å². The number of nitrogens with zero attached hydrogens (tertiary/aromatic N) is 8. The van der Waals surface area contributed by atoms with Crippen molar-refractivity contribution in [3.8, 4) is 11.5 Å². The van der Waals surface area contributed by atoms with Crippen LogP contribution in [0.3, 0.4) is 0 Å². The summed E-state index contributed by atoms with van der Waals surface area (Å²) in [6.45, 7) is 4.02. The van der Waals surface area contributed by atoms with Gasteiger partial charge in [-0.3, -0.25) is 9.98 Å². The van der Waals surface area contributed by atoms with Gasteiger partial charge in [0, 0.05) is 17.1 Å². The van der Waals surface area contributed by atoms with Gasteiger partial charge in [0.05, 0.1) is 52.4 Å². The molecule has 0 aliphatic heterocycles. The Morgan fingerprint density at radius 2 is 1.82 bits per heavy atom. The van der Waals surface area contributed by atoms with E-state index in [1.54, 1.807) is 23.1 Å². The SMILES string of the molecule is CC(C)c1c(C([O-])=Nc2cnc(-n3nccn3)c(Cl)c2)cnn1-c1cccc2ncccc12. The first-order chi connectivity index (χ1) is 16.0. The Bertz CT molecular complexity index is 1470. The van der Waals surface area contributed by atoms with Crippen LogP contribution in [0.1, 0.15) is 31.0 Å². The molecule has 0 saturated heterocycles. The van der Waals surface area contributed by atoms with E-state index in [0.29, 0.717) is 17.1 Å². The smallest absolute Gasteiger partial charge is 0.193 e. The van der Waals surface area contributed by atoms with Gasteiger partial charge in [0.1, 0.15) is 0 Å². The minimum absolute atomic E-state index is 0.0172. The van der Waals surface area contributed by atoms with Gasteiger partial charge in [0.2, 0.25) is 0 Å². The molecule has 0 aliphatic carbocycles. The van der Waals surface area contributed by atoms with E-state index in [0.717, 1.165) is 22.3 Å². The first kappa shape index (κ1) is 20.8. The minimum Gasteiger partial charge on any atom is -0.858 e. The van der Waals surface area contributed by atoms with Crippen molar-refractivity contribution in [2.45, 2.75) is 19.8 Å². The van der Waals surface area contributed by atoms with Crippen molar-refractivity contribution >= 4 is 34.1 Å². The third-order valence-electron chi connectivity index (χ3n) is 5.08. The fourth-order valence-corrected chi connectivity index (χ4v) is 3.91. The number of aromatic nitrogens is 7. The van der Waals surface area contributed by atoms with E-state index >= 15 is 0 Å². The van der Waals surface area contributed by atoms with Gasteiger partial charge >= 0.3 is 0 Å². The maximum Gasteiger partial charge on any atom is 0.193 e. The zero-order valence-corrected chi connectivity index (χ0v) is 18.5. The van der Waals surface area contributed by atoms with Crippen molar-refractivity contribution in [1.82, 2.24) is 34.7 Å². The van der Waals surface area contributed by atoms with Crippen LogP contribution in [0.25, 0.3) is 22.4 Å². The highest BCUT2D eigenvalue weighted by molar-refractivity contribution is 6.32. The Kier molecular flexibility index (Phi) is 5.31. The van der Waals surface area contributed by atoms with Crippen molar-refractivity contribution < 1.29 is 5.11 Å². The lowest BCUT2D eigenvalue weighted by Crippen LogP contribution is -2.21. The summed E-state index contributed by atoms with van der Waals surface area (Å²) in [5.41, 5.74) is 3.21.